The maximum absolute atomic E-state index is 13.1. The Labute approximate surface area is 199 Å². The Morgan fingerprint density at radius 3 is 2.58 bits per heavy atom. The first-order valence-electron chi connectivity index (χ1n) is 11.1. The molecule has 0 saturated carbocycles. The predicted octanol–water partition coefficient (Wildman–Crippen LogP) is 5.53. The molecule has 1 N–H and O–H groups in total. The molecular formula is C27H28ClNO4. The van der Waals surface area contributed by atoms with Crippen LogP contribution in [0.15, 0.2) is 59.9 Å². The van der Waals surface area contributed by atoms with Crippen molar-refractivity contribution in [3.8, 4) is 5.75 Å². The maximum Gasteiger partial charge on any atom is 0.315 e. The van der Waals surface area contributed by atoms with Gasteiger partial charge >= 0.3 is 5.97 Å². The fraction of sp³-hybridized carbons (Fsp3) is 0.333. The molecule has 0 aromatic heterocycles. The molecule has 4 rings (SSSR count). The van der Waals surface area contributed by atoms with Gasteiger partial charge in [0.05, 0.1) is 7.11 Å². The quantitative estimate of drug-likeness (QED) is 0.588. The van der Waals surface area contributed by atoms with Crippen molar-refractivity contribution in [3.63, 3.8) is 0 Å². The van der Waals surface area contributed by atoms with Gasteiger partial charge in [-0.1, -0.05) is 30.3 Å². The van der Waals surface area contributed by atoms with Gasteiger partial charge in [0.25, 0.3) is 0 Å². The van der Waals surface area contributed by atoms with Crippen LogP contribution in [-0.4, -0.2) is 18.9 Å². The Morgan fingerprint density at radius 1 is 1.15 bits per heavy atom. The lowest BCUT2D eigenvalue weighted by atomic mass is 9.70. The van der Waals surface area contributed by atoms with E-state index in [-0.39, 0.29) is 5.78 Å². The van der Waals surface area contributed by atoms with Crippen molar-refractivity contribution in [2.75, 3.05) is 7.11 Å². The third kappa shape index (κ3) is 4.55. The molecule has 0 bridgehead atoms. The molecule has 0 fully saturated rings. The highest BCUT2D eigenvalue weighted by Gasteiger charge is 2.44. The van der Waals surface area contributed by atoms with Gasteiger partial charge < -0.3 is 14.8 Å². The number of esters is 1. The second-order valence-electron chi connectivity index (χ2n) is 8.68. The minimum atomic E-state index is -0.678. The first kappa shape index (κ1) is 23.1. The van der Waals surface area contributed by atoms with Crippen LogP contribution >= 0.6 is 11.6 Å². The number of allylic oxidation sites excluding steroid dienone is 2. The summed E-state index contributed by atoms with van der Waals surface area (Å²) in [6, 6.07) is 11.4. The molecule has 2 aliphatic rings. The summed E-state index contributed by atoms with van der Waals surface area (Å²) in [6.07, 6.45) is 2.04. The zero-order valence-electron chi connectivity index (χ0n) is 19.2. The molecule has 1 heterocycles. The molecule has 2 aromatic carbocycles. The van der Waals surface area contributed by atoms with E-state index in [1.807, 2.05) is 26.0 Å². The highest BCUT2D eigenvalue weighted by atomic mass is 35.5. The average molecular weight is 466 g/mol. The van der Waals surface area contributed by atoms with Crippen LogP contribution in [0.2, 0.25) is 5.02 Å². The molecule has 1 aliphatic carbocycles. The van der Waals surface area contributed by atoms with E-state index in [2.05, 4.69) is 24.0 Å². The van der Waals surface area contributed by atoms with Gasteiger partial charge in [-0.3, -0.25) is 9.59 Å². The lowest BCUT2D eigenvalue weighted by Crippen LogP contribution is -2.41. The zero-order chi connectivity index (χ0) is 23.7. The van der Waals surface area contributed by atoms with E-state index in [0.717, 1.165) is 46.5 Å². The Balaban J connectivity index is 1.77. The van der Waals surface area contributed by atoms with Crippen molar-refractivity contribution < 1.29 is 19.1 Å². The molecule has 2 unspecified atom stereocenters. The smallest absolute Gasteiger partial charge is 0.315 e. The van der Waals surface area contributed by atoms with Crippen LogP contribution in [0.3, 0.4) is 0 Å². The summed E-state index contributed by atoms with van der Waals surface area (Å²) >= 11 is 5.97. The van der Waals surface area contributed by atoms with Gasteiger partial charge in [-0.15, -0.1) is 0 Å². The number of aryl methyl sites for hydroxylation is 2. The minimum absolute atomic E-state index is 0.0779. The molecule has 0 amide bonds. The van der Waals surface area contributed by atoms with Gasteiger partial charge in [-0.25, -0.2) is 0 Å². The van der Waals surface area contributed by atoms with Crippen LogP contribution in [0.25, 0.3) is 0 Å². The number of ether oxygens (including phenoxy) is 2. The zero-order valence-corrected chi connectivity index (χ0v) is 19.9. The van der Waals surface area contributed by atoms with Crippen molar-refractivity contribution in [2.45, 2.75) is 45.6 Å². The van der Waals surface area contributed by atoms with Gasteiger partial charge in [-0.2, -0.15) is 0 Å². The average Bonchev–Trinajstić information content (AvgIpc) is 2.78. The topological polar surface area (TPSA) is 64.6 Å². The molecule has 1 aliphatic heterocycles. The fourth-order valence-corrected chi connectivity index (χ4v) is 4.96. The number of Topliss-reactive ketones (excluding diaryl/α,β-unsaturated/α-hetero) is 1. The first-order valence-corrected chi connectivity index (χ1v) is 11.5. The Bertz CT molecular complexity index is 1150. The summed E-state index contributed by atoms with van der Waals surface area (Å²) in [5.41, 5.74) is 6.14. The molecule has 0 saturated heterocycles. The second-order valence-corrected chi connectivity index (χ2v) is 9.11. The Morgan fingerprint density at radius 2 is 1.88 bits per heavy atom. The first-order chi connectivity index (χ1) is 15.8. The molecule has 2 aromatic rings. The van der Waals surface area contributed by atoms with Gasteiger partial charge in [0.1, 0.15) is 18.3 Å². The maximum atomic E-state index is 13.1. The third-order valence-corrected chi connectivity index (χ3v) is 6.76. The summed E-state index contributed by atoms with van der Waals surface area (Å²) in [4.78, 5) is 25.9. The Hall–Kier alpha value is -3.05. The lowest BCUT2D eigenvalue weighted by molar-refractivity contribution is -0.144. The fourth-order valence-electron chi connectivity index (χ4n) is 4.83. The molecule has 172 valence electrons. The molecule has 2 atom stereocenters. The molecule has 6 heteroatoms. The van der Waals surface area contributed by atoms with Crippen LogP contribution < -0.4 is 10.1 Å². The number of carbonyl (C=O) groups excluding carboxylic acids is 2. The number of nitrogens with one attached hydrogen (secondary N) is 1. The number of methoxy groups -OCH3 is 1. The molecule has 0 spiro atoms. The summed E-state index contributed by atoms with van der Waals surface area (Å²) in [5, 5.41) is 3.89. The van der Waals surface area contributed by atoms with Crippen molar-refractivity contribution in [1.82, 2.24) is 5.32 Å². The van der Waals surface area contributed by atoms with E-state index < -0.39 is 17.8 Å². The number of rotatable bonds is 5. The summed E-state index contributed by atoms with van der Waals surface area (Å²) in [7, 11) is 1.37. The van der Waals surface area contributed by atoms with E-state index in [1.54, 1.807) is 12.1 Å². The SMILES string of the molecule is C=C1NC2=C(C(=O)CCC2)C(c2cc(COc3ccc(Cl)cc3)c(C)cc2C)C1C(=O)OC. The van der Waals surface area contributed by atoms with Gasteiger partial charge in [0.15, 0.2) is 5.78 Å². The highest BCUT2D eigenvalue weighted by molar-refractivity contribution is 6.30. The number of halogens is 1. The highest BCUT2D eigenvalue weighted by Crippen LogP contribution is 2.45. The normalized spacial score (nSPS) is 20.2. The number of carbonyl (C=O) groups is 2. The largest absolute Gasteiger partial charge is 0.489 e. The second kappa shape index (κ2) is 9.44. The van der Waals surface area contributed by atoms with Crippen molar-refractivity contribution in [1.29, 1.82) is 0 Å². The number of hydrogen-bond acceptors (Lipinski definition) is 5. The molecule has 5 nitrogen and oxygen atoms in total. The van der Waals surface area contributed by atoms with Crippen molar-refractivity contribution in [3.05, 3.63) is 87.2 Å². The van der Waals surface area contributed by atoms with E-state index in [4.69, 9.17) is 21.1 Å². The van der Waals surface area contributed by atoms with E-state index >= 15 is 0 Å². The number of ketones is 1. The third-order valence-electron chi connectivity index (χ3n) is 6.51. The monoisotopic (exact) mass is 465 g/mol. The predicted molar refractivity (Wildman–Crippen MR) is 128 cm³/mol. The van der Waals surface area contributed by atoms with Crippen molar-refractivity contribution in [2.24, 2.45) is 5.92 Å². The summed E-state index contributed by atoms with van der Waals surface area (Å²) < 4.78 is 11.1. The van der Waals surface area contributed by atoms with Gasteiger partial charge in [0.2, 0.25) is 0 Å². The van der Waals surface area contributed by atoms with Crippen LogP contribution in [-0.2, 0) is 20.9 Å². The van der Waals surface area contributed by atoms with Crippen molar-refractivity contribution >= 4 is 23.4 Å². The van der Waals surface area contributed by atoms with Gasteiger partial charge in [-0.05, 0) is 73.2 Å². The summed E-state index contributed by atoms with van der Waals surface area (Å²) in [6.45, 7) is 8.52. The van der Waals surface area contributed by atoms with E-state index in [1.165, 1.54) is 7.11 Å². The standard InChI is InChI=1S/C27H28ClNO4/c1-15-12-16(2)21(13-18(15)14-33-20-10-8-19(28)9-11-20)25-24(27(31)32-4)17(3)29-22-6-5-7-23(30)26(22)25/h8-13,24-25,29H,3,5-7,14H2,1-2,4H3. The van der Waals surface area contributed by atoms with Crippen LogP contribution in [0.5, 0.6) is 5.75 Å². The summed E-state index contributed by atoms with van der Waals surface area (Å²) in [5.74, 6) is -0.724. The Kier molecular flexibility index (Phi) is 6.61. The number of benzene rings is 2. The van der Waals surface area contributed by atoms with Crippen LogP contribution in [0.1, 0.15) is 47.4 Å². The van der Waals surface area contributed by atoms with E-state index in [9.17, 15) is 9.59 Å². The molecule has 0 radical (unpaired) electrons. The minimum Gasteiger partial charge on any atom is -0.489 e. The van der Waals surface area contributed by atoms with E-state index in [0.29, 0.717) is 29.3 Å². The van der Waals surface area contributed by atoms with Crippen LogP contribution in [0.4, 0.5) is 0 Å². The lowest BCUT2D eigenvalue weighted by Gasteiger charge is -2.38. The molecule has 33 heavy (non-hydrogen) atoms. The number of hydrogen-bond donors (Lipinski definition) is 1. The van der Waals surface area contributed by atoms with Gasteiger partial charge in [0, 0.05) is 34.3 Å². The van der Waals surface area contributed by atoms with Crippen LogP contribution in [0, 0.1) is 19.8 Å². The molecular weight excluding hydrogens is 438 g/mol.